The summed E-state index contributed by atoms with van der Waals surface area (Å²) in [7, 11) is 0. The van der Waals surface area contributed by atoms with Gasteiger partial charge in [-0.05, 0) is 26.8 Å². The molecule has 0 saturated heterocycles. The van der Waals surface area contributed by atoms with Gasteiger partial charge in [-0.3, -0.25) is 4.68 Å². The number of hydrogen-bond donors (Lipinski definition) is 2. The van der Waals surface area contributed by atoms with Gasteiger partial charge in [-0.25, -0.2) is 0 Å². The van der Waals surface area contributed by atoms with Gasteiger partial charge in [0, 0.05) is 36.0 Å². The smallest absolute Gasteiger partial charge is 0.0660 e. The van der Waals surface area contributed by atoms with Gasteiger partial charge in [-0.2, -0.15) is 5.10 Å². The number of nitrogens with one attached hydrogen (secondary N) is 2. The molecule has 1 aromatic heterocycles. The second kappa shape index (κ2) is 4.95. The van der Waals surface area contributed by atoms with Crippen molar-refractivity contribution in [1.29, 1.82) is 0 Å². The molecule has 0 aliphatic carbocycles. The van der Waals surface area contributed by atoms with Crippen LogP contribution in [-0.2, 0) is 5.54 Å². The van der Waals surface area contributed by atoms with Crippen molar-refractivity contribution in [1.82, 2.24) is 9.78 Å². The second-order valence-electron chi connectivity index (χ2n) is 6.48. The minimum atomic E-state index is -0.00997. The maximum Gasteiger partial charge on any atom is 0.0660 e. The Morgan fingerprint density at radius 2 is 2.10 bits per heavy atom. The SMILES string of the molecule is C=C1CCNc2c(cccc2-c2cnn(C(C)(C)C)c2)N1. The van der Waals surface area contributed by atoms with E-state index < -0.39 is 0 Å². The molecule has 4 heteroatoms. The normalized spacial score (nSPS) is 14.9. The first-order valence-electron chi connectivity index (χ1n) is 7.32. The number of para-hydroxylation sites is 1. The first-order chi connectivity index (χ1) is 9.95. The molecule has 0 saturated carbocycles. The predicted molar refractivity (Wildman–Crippen MR) is 88.5 cm³/mol. The molecule has 0 spiro atoms. The van der Waals surface area contributed by atoms with E-state index in [0.717, 1.165) is 35.6 Å². The lowest BCUT2D eigenvalue weighted by atomic mass is 10.1. The number of anilines is 2. The fourth-order valence-corrected chi connectivity index (χ4v) is 2.51. The van der Waals surface area contributed by atoms with Gasteiger partial charge in [-0.15, -0.1) is 0 Å². The van der Waals surface area contributed by atoms with Gasteiger partial charge in [0.05, 0.1) is 23.1 Å². The molecule has 1 aliphatic heterocycles. The maximum atomic E-state index is 4.50. The van der Waals surface area contributed by atoms with E-state index >= 15 is 0 Å². The minimum absolute atomic E-state index is 0.00997. The lowest BCUT2D eigenvalue weighted by Crippen LogP contribution is -2.21. The zero-order valence-corrected chi connectivity index (χ0v) is 12.9. The highest BCUT2D eigenvalue weighted by atomic mass is 15.3. The molecule has 0 unspecified atom stereocenters. The first kappa shape index (κ1) is 13.7. The molecule has 1 aliphatic rings. The summed E-state index contributed by atoms with van der Waals surface area (Å²) in [5.41, 5.74) is 5.55. The fraction of sp³-hybridized carbons (Fsp3) is 0.353. The highest BCUT2D eigenvalue weighted by molar-refractivity contribution is 5.87. The van der Waals surface area contributed by atoms with Crippen LogP contribution in [0, 0.1) is 0 Å². The lowest BCUT2D eigenvalue weighted by Gasteiger charge is -2.19. The van der Waals surface area contributed by atoms with Crippen LogP contribution in [0.5, 0.6) is 0 Å². The van der Waals surface area contributed by atoms with E-state index in [-0.39, 0.29) is 5.54 Å². The summed E-state index contributed by atoms with van der Waals surface area (Å²) in [6.07, 6.45) is 4.97. The molecule has 0 bridgehead atoms. The largest absolute Gasteiger partial charge is 0.382 e. The van der Waals surface area contributed by atoms with Crippen LogP contribution in [-0.4, -0.2) is 16.3 Å². The van der Waals surface area contributed by atoms with Gasteiger partial charge in [0.15, 0.2) is 0 Å². The Morgan fingerprint density at radius 1 is 1.29 bits per heavy atom. The average Bonchev–Trinajstić information content (AvgIpc) is 2.82. The molecule has 2 aromatic rings. The first-order valence-corrected chi connectivity index (χ1v) is 7.32. The van der Waals surface area contributed by atoms with Crippen LogP contribution in [0.4, 0.5) is 11.4 Å². The van der Waals surface area contributed by atoms with Gasteiger partial charge in [0.2, 0.25) is 0 Å². The highest BCUT2D eigenvalue weighted by Crippen LogP contribution is 2.36. The van der Waals surface area contributed by atoms with E-state index in [4.69, 9.17) is 0 Å². The van der Waals surface area contributed by atoms with Crippen molar-refractivity contribution in [2.24, 2.45) is 0 Å². The summed E-state index contributed by atoms with van der Waals surface area (Å²) in [6, 6.07) is 6.28. The number of aromatic nitrogens is 2. The molecule has 3 rings (SSSR count). The molecular formula is C17H22N4. The van der Waals surface area contributed by atoms with E-state index in [1.54, 1.807) is 0 Å². The number of benzene rings is 1. The third-order valence-electron chi connectivity index (χ3n) is 3.69. The Kier molecular flexibility index (Phi) is 3.24. The number of fused-ring (bicyclic) bond motifs is 1. The maximum absolute atomic E-state index is 4.50. The Hall–Kier alpha value is -2.23. The van der Waals surface area contributed by atoms with Crippen molar-refractivity contribution < 1.29 is 0 Å². The van der Waals surface area contributed by atoms with E-state index in [9.17, 15) is 0 Å². The van der Waals surface area contributed by atoms with Crippen molar-refractivity contribution in [2.45, 2.75) is 32.7 Å². The lowest BCUT2D eigenvalue weighted by molar-refractivity contribution is 0.355. The second-order valence-corrected chi connectivity index (χ2v) is 6.48. The van der Waals surface area contributed by atoms with Gasteiger partial charge in [0.1, 0.15) is 0 Å². The summed E-state index contributed by atoms with van der Waals surface area (Å²) in [5.74, 6) is 0. The van der Waals surface area contributed by atoms with Crippen LogP contribution in [0.1, 0.15) is 27.2 Å². The van der Waals surface area contributed by atoms with Crippen molar-refractivity contribution >= 4 is 11.4 Å². The fourth-order valence-electron chi connectivity index (χ4n) is 2.51. The molecule has 0 atom stereocenters. The molecule has 2 N–H and O–H groups in total. The van der Waals surface area contributed by atoms with Gasteiger partial charge in [-0.1, -0.05) is 18.7 Å². The average molecular weight is 282 g/mol. The number of hydrogen-bond acceptors (Lipinski definition) is 3. The molecule has 110 valence electrons. The van der Waals surface area contributed by atoms with Crippen molar-refractivity contribution in [2.75, 3.05) is 17.2 Å². The molecule has 0 radical (unpaired) electrons. The van der Waals surface area contributed by atoms with Crippen LogP contribution in [0.3, 0.4) is 0 Å². The molecule has 2 heterocycles. The summed E-state index contributed by atoms with van der Waals surface area (Å²) >= 11 is 0. The third-order valence-corrected chi connectivity index (χ3v) is 3.69. The van der Waals surface area contributed by atoms with E-state index in [1.165, 1.54) is 5.56 Å². The van der Waals surface area contributed by atoms with Crippen LogP contribution in [0.15, 0.2) is 42.9 Å². The van der Waals surface area contributed by atoms with Crippen LogP contribution < -0.4 is 10.6 Å². The topological polar surface area (TPSA) is 41.9 Å². The Bertz CT molecular complexity index is 676. The number of rotatable bonds is 1. The zero-order valence-electron chi connectivity index (χ0n) is 12.9. The molecule has 0 amide bonds. The summed E-state index contributed by atoms with van der Waals surface area (Å²) in [6.45, 7) is 11.4. The highest BCUT2D eigenvalue weighted by Gasteiger charge is 2.18. The van der Waals surface area contributed by atoms with Crippen LogP contribution in [0.25, 0.3) is 11.1 Å². The molecule has 0 fully saturated rings. The summed E-state index contributed by atoms with van der Waals surface area (Å²) in [4.78, 5) is 0. The third kappa shape index (κ3) is 2.66. The predicted octanol–water partition coefficient (Wildman–Crippen LogP) is 4.05. The quantitative estimate of drug-likeness (QED) is 0.829. The van der Waals surface area contributed by atoms with E-state index in [0.29, 0.717) is 0 Å². The van der Waals surface area contributed by atoms with E-state index in [2.05, 4.69) is 67.5 Å². The Balaban J connectivity index is 2.05. The molecule has 4 nitrogen and oxygen atoms in total. The Morgan fingerprint density at radius 3 is 2.81 bits per heavy atom. The molecule has 1 aromatic carbocycles. The summed E-state index contributed by atoms with van der Waals surface area (Å²) < 4.78 is 2.00. The number of nitrogens with zero attached hydrogens (tertiary/aromatic N) is 2. The zero-order chi connectivity index (χ0) is 15.0. The monoisotopic (exact) mass is 282 g/mol. The van der Waals surface area contributed by atoms with Crippen LogP contribution >= 0.6 is 0 Å². The van der Waals surface area contributed by atoms with Crippen molar-refractivity contribution in [3.63, 3.8) is 0 Å². The van der Waals surface area contributed by atoms with Gasteiger partial charge >= 0.3 is 0 Å². The van der Waals surface area contributed by atoms with Crippen LogP contribution in [0.2, 0.25) is 0 Å². The Labute approximate surface area is 125 Å². The minimum Gasteiger partial charge on any atom is -0.382 e. The molecule has 21 heavy (non-hydrogen) atoms. The standard InChI is InChI=1S/C17H22N4/c1-12-8-9-18-16-14(6-5-7-15(16)20-12)13-10-19-21(11-13)17(2,3)4/h5-7,10-11,18,20H,1,8-9H2,2-4H3. The van der Waals surface area contributed by atoms with Gasteiger partial charge in [0.25, 0.3) is 0 Å². The van der Waals surface area contributed by atoms with E-state index in [1.807, 2.05) is 10.9 Å². The molecular weight excluding hydrogens is 260 g/mol. The van der Waals surface area contributed by atoms with Gasteiger partial charge < -0.3 is 10.6 Å². The van der Waals surface area contributed by atoms with Crippen molar-refractivity contribution in [3.8, 4) is 11.1 Å². The summed E-state index contributed by atoms with van der Waals surface area (Å²) in [5, 5.41) is 11.4. The van der Waals surface area contributed by atoms with Crippen molar-refractivity contribution in [3.05, 3.63) is 42.9 Å².